The van der Waals surface area contributed by atoms with Gasteiger partial charge in [-0.3, -0.25) is 0 Å². The van der Waals surface area contributed by atoms with Crippen molar-refractivity contribution in [3.63, 3.8) is 0 Å². The second kappa shape index (κ2) is 5.51. The number of hydrogen-bond donors (Lipinski definition) is 1. The Hall–Kier alpha value is -2.37. The van der Waals surface area contributed by atoms with E-state index in [0.717, 1.165) is 6.08 Å². The Kier molecular flexibility index (Phi) is 3.79. The molecular formula is C13H12FNO4. The number of carboxylic acids is 1. The molecule has 100 valence electrons. The van der Waals surface area contributed by atoms with Crippen molar-refractivity contribution in [2.24, 2.45) is 0 Å². The predicted molar refractivity (Wildman–Crippen MR) is 64.8 cm³/mol. The maximum absolute atomic E-state index is 13.5. The summed E-state index contributed by atoms with van der Waals surface area (Å²) in [4.78, 5) is 23.2. The summed E-state index contributed by atoms with van der Waals surface area (Å²) >= 11 is 0. The SMILES string of the molecule is O=C(O)/C=C/c1cc(CN2CCOC2=O)ccc1F. The minimum absolute atomic E-state index is 0.174. The molecule has 1 aliphatic rings. The summed E-state index contributed by atoms with van der Waals surface area (Å²) in [5.41, 5.74) is 0.887. The molecule has 1 heterocycles. The van der Waals surface area contributed by atoms with Gasteiger partial charge in [0.25, 0.3) is 0 Å². The standard InChI is InChI=1S/C13H12FNO4/c14-11-3-1-9(7-10(11)2-4-12(16)17)8-15-5-6-19-13(15)18/h1-4,7H,5-6,8H2,(H,16,17)/b4-2+. The fourth-order valence-electron chi connectivity index (χ4n) is 1.77. The Morgan fingerprint density at radius 1 is 1.53 bits per heavy atom. The fraction of sp³-hybridized carbons (Fsp3) is 0.231. The molecule has 0 radical (unpaired) electrons. The molecule has 0 atom stereocenters. The van der Waals surface area contributed by atoms with E-state index in [9.17, 15) is 14.0 Å². The van der Waals surface area contributed by atoms with Crippen molar-refractivity contribution in [1.29, 1.82) is 0 Å². The highest BCUT2D eigenvalue weighted by molar-refractivity contribution is 5.85. The number of carboxylic acid groups (broad SMARTS) is 1. The second-order valence-corrected chi connectivity index (χ2v) is 4.06. The van der Waals surface area contributed by atoms with Crippen LogP contribution in [0.3, 0.4) is 0 Å². The molecule has 1 saturated heterocycles. The van der Waals surface area contributed by atoms with Crippen LogP contribution in [0.15, 0.2) is 24.3 Å². The Labute approximate surface area is 108 Å². The Balaban J connectivity index is 2.16. The zero-order valence-electron chi connectivity index (χ0n) is 10.0. The van der Waals surface area contributed by atoms with Gasteiger partial charge in [-0.25, -0.2) is 14.0 Å². The maximum Gasteiger partial charge on any atom is 0.410 e. The van der Waals surface area contributed by atoms with Crippen LogP contribution in [-0.2, 0) is 16.1 Å². The molecule has 19 heavy (non-hydrogen) atoms. The molecule has 6 heteroatoms. The lowest BCUT2D eigenvalue weighted by molar-refractivity contribution is -0.131. The number of rotatable bonds is 4. The topological polar surface area (TPSA) is 66.8 Å². The number of hydrogen-bond acceptors (Lipinski definition) is 3. The quantitative estimate of drug-likeness (QED) is 0.844. The molecule has 1 fully saturated rings. The van der Waals surface area contributed by atoms with E-state index >= 15 is 0 Å². The molecule has 2 rings (SSSR count). The third kappa shape index (κ3) is 3.31. The van der Waals surface area contributed by atoms with Crippen LogP contribution in [0.4, 0.5) is 9.18 Å². The first kappa shape index (κ1) is 13.1. The fourth-order valence-corrected chi connectivity index (χ4v) is 1.77. The lowest BCUT2D eigenvalue weighted by Crippen LogP contribution is -2.23. The first-order chi connectivity index (χ1) is 9.06. The third-order valence-corrected chi connectivity index (χ3v) is 2.68. The molecule has 0 bridgehead atoms. The maximum atomic E-state index is 13.5. The van der Waals surface area contributed by atoms with E-state index in [2.05, 4.69) is 0 Å². The van der Waals surface area contributed by atoms with Gasteiger partial charge in [0.2, 0.25) is 0 Å². The molecule has 5 nitrogen and oxygen atoms in total. The van der Waals surface area contributed by atoms with Crippen LogP contribution >= 0.6 is 0 Å². The highest BCUT2D eigenvalue weighted by Crippen LogP contribution is 2.16. The van der Waals surface area contributed by atoms with E-state index in [1.165, 1.54) is 23.1 Å². The highest BCUT2D eigenvalue weighted by atomic mass is 19.1. The van der Waals surface area contributed by atoms with Gasteiger partial charge in [0.1, 0.15) is 12.4 Å². The molecule has 1 N–H and O–H groups in total. The van der Waals surface area contributed by atoms with Crippen LogP contribution in [0.5, 0.6) is 0 Å². The van der Waals surface area contributed by atoms with E-state index in [4.69, 9.17) is 9.84 Å². The number of carbonyl (C=O) groups excluding carboxylic acids is 1. The molecule has 0 aromatic heterocycles. The molecule has 1 aliphatic heterocycles. The first-order valence-corrected chi connectivity index (χ1v) is 5.67. The van der Waals surface area contributed by atoms with Gasteiger partial charge in [0.05, 0.1) is 6.54 Å². The van der Waals surface area contributed by atoms with Crippen molar-refractivity contribution < 1.29 is 23.8 Å². The van der Waals surface area contributed by atoms with E-state index in [1.54, 1.807) is 6.07 Å². The van der Waals surface area contributed by atoms with Crippen LogP contribution in [0, 0.1) is 5.82 Å². The van der Waals surface area contributed by atoms with Crippen LogP contribution in [0.1, 0.15) is 11.1 Å². The number of ether oxygens (including phenoxy) is 1. The summed E-state index contributed by atoms with van der Waals surface area (Å²) in [5, 5.41) is 8.52. The van der Waals surface area contributed by atoms with Crippen molar-refractivity contribution in [1.82, 2.24) is 4.90 Å². The van der Waals surface area contributed by atoms with Crippen molar-refractivity contribution in [3.05, 3.63) is 41.2 Å². The summed E-state index contributed by atoms with van der Waals surface area (Å²) in [6, 6.07) is 4.32. The van der Waals surface area contributed by atoms with E-state index in [0.29, 0.717) is 25.3 Å². The molecule has 1 amide bonds. The van der Waals surface area contributed by atoms with Crippen LogP contribution in [0.2, 0.25) is 0 Å². The van der Waals surface area contributed by atoms with Gasteiger partial charge in [-0.1, -0.05) is 6.07 Å². The Bertz CT molecular complexity index is 541. The van der Waals surface area contributed by atoms with Gasteiger partial charge >= 0.3 is 12.1 Å². The van der Waals surface area contributed by atoms with Crippen LogP contribution in [0.25, 0.3) is 6.08 Å². The van der Waals surface area contributed by atoms with Gasteiger partial charge in [-0.05, 0) is 23.8 Å². The molecule has 0 aliphatic carbocycles. The average Bonchev–Trinajstić information content (AvgIpc) is 2.75. The number of cyclic esters (lactones) is 1. The summed E-state index contributed by atoms with van der Waals surface area (Å²) in [6.45, 7) is 1.16. The lowest BCUT2D eigenvalue weighted by Gasteiger charge is -2.13. The normalized spacial score (nSPS) is 15.0. The number of benzene rings is 1. The smallest absolute Gasteiger partial charge is 0.410 e. The number of aliphatic carboxylic acids is 1. The molecule has 1 aromatic rings. The summed E-state index contributed by atoms with van der Waals surface area (Å²) in [6.07, 6.45) is 1.66. The van der Waals surface area contributed by atoms with Crippen LogP contribution < -0.4 is 0 Å². The van der Waals surface area contributed by atoms with E-state index < -0.39 is 17.9 Å². The molecule has 0 saturated carbocycles. The molecule has 1 aromatic carbocycles. The van der Waals surface area contributed by atoms with Crippen molar-refractivity contribution in [2.45, 2.75) is 6.54 Å². The van der Waals surface area contributed by atoms with Crippen LogP contribution in [-0.4, -0.2) is 35.2 Å². The minimum Gasteiger partial charge on any atom is -0.478 e. The first-order valence-electron chi connectivity index (χ1n) is 5.67. The largest absolute Gasteiger partial charge is 0.478 e. The zero-order chi connectivity index (χ0) is 13.8. The average molecular weight is 265 g/mol. The minimum atomic E-state index is -1.15. The molecule has 0 unspecified atom stereocenters. The van der Waals surface area contributed by atoms with Crippen molar-refractivity contribution >= 4 is 18.1 Å². The van der Waals surface area contributed by atoms with Gasteiger partial charge in [0.15, 0.2) is 0 Å². The molecular weight excluding hydrogens is 253 g/mol. The second-order valence-electron chi connectivity index (χ2n) is 4.06. The van der Waals surface area contributed by atoms with E-state index in [-0.39, 0.29) is 5.56 Å². The number of carbonyl (C=O) groups is 2. The van der Waals surface area contributed by atoms with Crippen molar-refractivity contribution in [3.8, 4) is 0 Å². The Morgan fingerprint density at radius 3 is 2.95 bits per heavy atom. The summed E-state index contributed by atoms with van der Waals surface area (Å²) < 4.78 is 18.3. The van der Waals surface area contributed by atoms with Gasteiger partial charge in [-0.15, -0.1) is 0 Å². The van der Waals surface area contributed by atoms with Gasteiger partial charge < -0.3 is 14.7 Å². The number of nitrogens with zero attached hydrogens (tertiary/aromatic N) is 1. The lowest BCUT2D eigenvalue weighted by atomic mass is 10.1. The monoisotopic (exact) mass is 265 g/mol. The van der Waals surface area contributed by atoms with E-state index in [1.807, 2.05) is 0 Å². The highest BCUT2D eigenvalue weighted by Gasteiger charge is 2.21. The number of amides is 1. The molecule has 0 spiro atoms. The van der Waals surface area contributed by atoms with Crippen molar-refractivity contribution in [2.75, 3.05) is 13.2 Å². The van der Waals surface area contributed by atoms with Gasteiger partial charge in [0, 0.05) is 18.2 Å². The van der Waals surface area contributed by atoms with Gasteiger partial charge in [-0.2, -0.15) is 0 Å². The number of halogens is 1. The summed E-state index contributed by atoms with van der Waals surface area (Å²) in [5.74, 6) is -1.65. The predicted octanol–water partition coefficient (Wildman–Crippen LogP) is 1.88. The third-order valence-electron chi connectivity index (χ3n) is 2.68. The zero-order valence-corrected chi connectivity index (χ0v) is 10.0. The summed E-state index contributed by atoms with van der Waals surface area (Å²) in [7, 11) is 0. The Morgan fingerprint density at radius 2 is 2.32 bits per heavy atom.